The quantitative estimate of drug-likeness (QED) is 0.491. The molecule has 3 N–H and O–H groups in total. The minimum Gasteiger partial charge on any atom is -0.485 e. The monoisotopic (exact) mass is 446 g/mol. The Hall–Kier alpha value is -3.69. The molecule has 0 aliphatic carbocycles. The van der Waals surface area contributed by atoms with E-state index < -0.39 is 29.7 Å². The number of ether oxygens (including phenoxy) is 1. The van der Waals surface area contributed by atoms with Gasteiger partial charge in [0.05, 0.1) is 17.3 Å². The van der Waals surface area contributed by atoms with Crippen molar-refractivity contribution in [3.05, 3.63) is 65.1 Å². The molecular weight excluding hydrogens is 422 g/mol. The van der Waals surface area contributed by atoms with Crippen LogP contribution in [0.4, 0.5) is 13.6 Å². The first-order valence-electron chi connectivity index (χ1n) is 10.00. The first-order valence-corrected chi connectivity index (χ1v) is 10.00. The van der Waals surface area contributed by atoms with E-state index in [-0.39, 0.29) is 36.1 Å². The van der Waals surface area contributed by atoms with E-state index in [2.05, 4.69) is 15.6 Å². The van der Waals surface area contributed by atoms with Gasteiger partial charge in [0.1, 0.15) is 23.9 Å². The number of nitrogens with one attached hydrogen (secondary N) is 2. The molecule has 32 heavy (non-hydrogen) atoms. The number of amides is 2. The second-order valence-electron chi connectivity index (χ2n) is 7.61. The Labute approximate surface area is 183 Å². The number of fused-ring (bicyclic) bond motifs is 1. The third kappa shape index (κ3) is 4.96. The van der Waals surface area contributed by atoms with Gasteiger partial charge >= 0.3 is 6.09 Å². The third-order valence-electron chi connectivity index (χ3n) is 5.03. The van der Waals surface area contributed by atoms with Crippen LogP contribution in [-0.4, -0.2) is 39.1 Å². The summed E-state index contributed by atoms with van der Waals surface area (Å²) in [6.45, 7) is 5.08. The van der Waals surface area contributed by atoms with Crippen LogP contribution in [0.1, 0.15) is 35.6 Å². The molecule has 10 heteroatoms. The smallest absolute Gasteiger partial charge is 0.404 e. The van der Waals surface area contributed by atoms with E-state index in [1.807, 2.05) is 13.8 Å². The maximum Gasteiger partial charge on any atom is 0.404 e. The van der Waals surface area contributed by atoms with Gasteiger partial charge in [0, 0.05) is 12.7 Å². The van der Waals surface area contributed by atoms with E-state index >= 15 is 0 Å². The van der Waals surface area contributed by atoms with E-state index in [0.717, 1.165) is 12.1 Å². The number of rotatable bonds is 8. The minimum absolute atomic E-state index is 0.0338. The fourth-order valence-corrected chi connectivity index (χ4v) is 3.26. The molecule has 0 fully saturated rings. The molecule has 0 saturated heterocycles. The normalized spacial score (nSPS) is 12.1. The van der Waals surface area contributed by atoms with Crippen molar-refractivity contribution in [1.29, 1.82) is 0 Å². The highest BCUT2D eigenvalue weighted by Crippen LogP contribution is 2.24. The standard InChI is InChI=1S/C22H24F2N4O4/c1-12(2)17(27-22(30)31)10-25-21(29)19-13(3)26-20-18(8-5-9-28(19)20)32-11-14-15(23)6-4-7-16(14)24/h4-9,12,17,27H,10-11H2,1-3H3,(H,25,29)(H,30,31). The maximum absolute atomic E-state index is 13.9. The molecule has 2 heterocycles. The van der Waals surface area contributed by atoms with E-state index in [1.54, 1.807) is 25.3 Å². The average molecular weight is 446 g/mol. The molecule has 0 aliphatic rings. The van der Waals surface area contributed by atoms with Crippen molar-refractivity contribution >= 4 is 17.6 Å². The van der Waals surface area contributed by atoms with Gasteiger partial charge in [0.25, 0.3) is 5.91 Å². The van der Waals surface area contributed by atoms with Gasteiger partial charge in [-0.2, -0.15) is 0 Å². The molecule has 0 bridgehead atoms. The Morgan fingerprint density at radius 2 is 1.88 bits per heavy atom. The predicted molar refractivity (Wildman–Crippen MR) is 113 cm³/mol. The fourth-order valence-electron chi connectivity index (χ4n) is 3.26. The highest BCUT2D eigenvalue weighted by Gasteiger charge is 2.22. The Morgan fingerprint density at radius 3 is 2.50 bits per heavy atom. The Balaban J connectivity index is 1.82. The fraction of sp³-hybridized carbons (Fsp3) is 0.318. The average Bonchev–Trinajstić information content (AvgIpc) is 3.06. The number of imidazole rings is 1. The zero-order valence-electron chi connectivity index (χ0n) is 17.9. The van der Waals surface area contributed by atoms with Crippen molar-refractivity contribution < 1.29 is 28.2 Å². The van der Waals surface area contributed by atoms with Gasteiger partial charge in [-0.25, -0.2) is 18.6 Å². The molecule has 2 aromatic heterocycles. The number of benzene rings is 1. The number of carbonyl (C=O) groups is 2. The number of carboxylic acid groups (broad SMARTS) is 1. The minimum atomic E-state index is -1.17. The van der Waals surface area contributed by atoms with Crippen molar-refractivity contribution in [2.24, 2.45) is 5.92 Å². The molecule has 0 radical (unpaired) electrons. The van der Waals surface area contributed by atoms with E-state index in [4.69, 9.17) is 9.84 Å². The zero-order valence-corrected chi connectivity index (χ0v) is 17.9. The number of aromatic nitrogens is 2. The predicted octanol–water partition coefficient (Wildman–Crippen LogP) is 3.52. The molecular formula is C22H24F2N4O4. The molecule has 1 atom stereocenters. The summed E-state index contributed by atoms with van der Waals surface area (Å²) in [6.07, 6.45) is 0.452. The SMILES string of the molecule is Cc1nc2c(OCc3c(F)cccc3F)cccn2c1C(=O)NCC(NC(=O)O)C(C)C. The van der Waals surface area contributed by atoms with Crippen molar-refractivity contribution in [3.8, 4) is 5.75 Å². The van der Waals surface area contributed by atoms with Crippen molar-refractivity contribution in [2.45, 2.75) is 33.4 Å². The first-order chi connectivity index (χ1) is 15.2. The van der Waals surface area contributed by atoms with Crippen LogP contribution in [0.3, 0.4) is 0 Å². The number of pyridine rings is 1. The lowest BCUT2D eigenvalue weighted by Crippen LogP contribution is -2.46. The van der Waals surface area contributed by atoms with E-state index in [9.17, 15) is 18.4 Å². The number of halogens is 2. The van der Waals surface area contributed by atoms with Crippen LogP contribution in [0.2, 0.25) is 0 Å². The van der Waals surface area contributed by atoms with Crippen LogP contribution >= 0.6 is 0 Å². The van der Waals surface area contributed by atoms with E-state index in [0.29, 0.717) is 11.3 Å². The summed E-state index contributed by atoms with van der Waals surface area (Å²) < 4.78 is 34.9. The van der Waals surface area contributed by atoms with Crippen LogP contribution in [0.15, 0.2) is 36.5 Å². The van der Waals surface area contributed by atoms with Gasteiger partial charge in [-0.3, -0.25) is 9.20 Å². The topological polar surface area (TPSA) is 105 Å². The lowest BCUT2D eigenvalue weighted by Gasteiger charge is -2.21. The highest BCUT2D eigenvalue weighted by molar-refractivity contribution is 5.95. The third-order valence-corrected chi connectivity index (χ3v) is 5.03. The molecule has 1 aromatic carbocycles. The van der Waals surface area contributed by atoms with Gasteiger partial charge in [0.15, 0.2) is 11.4 Å². The lowest BCUT2D eigenvalue weighted by molar-refractivity contribution is 0.0938. The number of aryl methyl sites for hydroxylation is 1. The summed E-state index contributed by atoms with van der Waals surface area (Å²) in [5.41, 5.74) is 0.778. The molecule has 170 valence electrons. The summed E-state index contributed by atoms with van der Waals surface area (Å²) >= 11 is 0. The van der Waals surface area contributed by atoms with Crippen LogP contribution < -0.4 is 15.4 Å². The molecule has 2 amide bonds. The van der Waals surface area contributed by atoms with Crippen LogP contribution in [0.5, 0.6) is 5.75 Å². The Morgan fingerprint density at radius 1 is 1.19 bits per heavy atom. The molecule has 8 nitrogen and oxygen atoms in total. The second-order valence-corrected chi connectivity index (χ2v) is 7.61. The van der Waals surface area contributed by atoms with Gasteiger partial charge in [-0.1, -0.05) is 19.9 Å². The second kappa shape index (κ2) is 9.63. The summed E-state index contributed by atoms with van der Waals surface area (Å²) in [6, 6.07) is 6.32. The number of hydrogen-bond donors (Lipinski definition) is 3. The highest BCUT2D eigenvalue weighted by atomic mass is 19.1. The van der Waals surface area contributed by atoms with Gasteiger partial charge in [-0.15, -0.1) is 0 Å². The van der Waals surface area contributed by atoms with Crippen molar-refractivity contribution in [3.63, 3.8) is 0 Å². The molecule has 0 aliphatic heterocycles. The van der Waals surface area contributed by atoms with Crippen LogP contribution in [0, 0.1) is 24.5 Å². The first kappa shape index (κ1) is 23.0. The van der Waals surface area contributed by atoms with Gasteiger partial charge in [-0.05, 0) is 37.1 Å². The number of carbonyl (C=O) groups excluding carboxylic acids is 1. The Bertz CT molecular complexity index is 1130. The summed E-state index contributed by atoms with van der Waals surface area (Å²) in [4.78, 5) is 28.2. The number of nitrogens with zero attached hydrogens (tertiary/aromatic N) is 2. The number of hydrogen-bond acceptors (Lipinski definition) is 4. The zero-order chi connectivity index (χ0) is 23.4. The summed E-state index contributed by atoms with van der Waals surface area (Å²) in [5.74, 6) is -1.65. The molecule has 0 spiro atoms. The van der Waals surface area contributed by atoms with Crippen molar-refractivity contribution in [2.75, 3.05) is 6.54 Å². The molecule has 3 aromatic rings. The van der Waals surface area contributed by atoms with Crippen LogP contribution in [-0.2, 0) is 6.61 Å². The van der Waals surface area contributed by atoms with Crippen molar-refractivity contribution in [1.82, 2.24) is 20.0 Å². The molecule has 3 rings (SSSR count). The maximum atomic E-state index is 13.9. The largest absolute Gasteiger partial charge is 0.485 e. The van der Waals surface area contributed by atoms with Crippen LogP contribution in [0.25, 0.3) is 5.65 Å². The lowest BCUT2D eigenvalue weighted by atomic mass is 10.0. The Kier molecular flexibility index (Phi) is 6.92. The van der Waals surface area contributed by atoms with E-state index in [1.165, 1.54) is 10.5 Å². The molecule has 1 unspecified atom stereocenters. The summed E-state index contributed by atoms with van der Waals surface area (Å²) in [7, 11) is 0. The van der Waals surface area contributed by atoms with Gasteiger partial charge in [0.2, 0.25) is 0 Å². The summed E-state index contributed by atoms with van der Waals surface area (Å²) in [5, 5.41) is 14.1. The van der Waals surface area contributed by atoms with Gasteiger partial charge < -0.3 is 20.5 Å². The molecule has 0 saturated carbocycles.